The van der Waals surface area contributed by atoms with Gasteiger partial charge in [-0.3, -0.25) is 4.79 Å². The molecule has 3 aromatic rings. The third kappa shape index (κ3) is 5.21. The maximum absolute atomic E-state index is 13.4. The highest BCUT2D eigenvalue weighted by molar-refractivity contribution is 5.93. The Labute approximate surface area is 183 Å². The number of amides is 1. The van der Waals surface area contributed by atoms with Gasteiger partial charge in [-0.1, -0.05) is 53.9 Å². The predicted octanol–water partition coefficient (Wildman–Crippen LogP) is 5.37. The molecule has 0 aliphatic heterocycles. The molecule has 1 aliphatic rings. The molecule has 1 heterocycles. The van der Waals surface area contributed by atoms with Gasteiger partial charge in [-0.05, 0) is 47.6 Å². The predicted molar refractivity (Wildman–Crippen MR) is 120 cm³/mol. The van der Waals surface area contributed by atoms with Crippen LogP contribution in [0.3, 0.4) is 0 Å². The molecule has 4 rings (SSSR count). The van der Waals surface area contributed by atoms with Crippen LogP contribution in [-0.4, -0.2) is 15.9 Å². The van der Waals surface area contributed by atoms with Crippen molar-refractivity contribution in [2.45, 2.75) is 6.42 Å². The number of nitrogens with zero attached hydrogens (tertiary/aromatic N) is 2. The number of hydrogen-bond acceptors (Lipinski definition) is 3. The lowest BCUT2D eigenvalue weighted by molar-refractivity contribution is -0.115. The first-order valence-corrected chi connectivity index (χ1v) is 9.80. The topological polar surface area (TPSA) is 54.9 Å². The molecule has 156 valence electrons. The van der Waals surface area contributed by atoms with E-state index in [-0.39, 0.29) is 12.2 Å². The molecule has 0 radical (unpaired) electrons. The first-order valence-electron chi connectivity index (χ1n) is 9.80. The van der Waals surface area contributed by atoms with E-state index in [2.05, 4.69) is 26.7 Å². The van der Waals surface area contributed by atoms with Crippen molar-refractivity contribution in [2.24, 2.45) is 0 Å². The number of rotatable bonds is 6. The van der Waals surface area contributed by atoms with Crippen molar-refractivity contribution in [3.63, 3.8) is 0 Å². The number of hydrogen-bond donors (Lipinski definition) is 1. The van der Waals surface area contributed by atoms with E-state index in [0.717, 1.165) is 23.3 Å². The standard InChI is InChI=1S/C26H17F2N3O/c27-21-13-11-19(15-22(21)28)16-25(32)31-26-23(14-12-18-7-3-1-4-8-18)30-24(17-29-26)20-9-5-2-6-10-20/h1,3-5,7-15,17H,16H2,(H,29,31,32)/b14-12+. The summed E-state index contributed by atoms with van der Waals surface area (Å²) in [5.74, 6) is -2.11. The molecule has 32 heavy (non-hydrogen) atoms. The minimum Gasteiger partial charge on any atom is -0.309 e. The highest BCUT2D eigenvalue weighted by Gasteiger charge is 2.13. The number of carbonyl (C=O) groups excluding carboxylic acids is 1. The molecule has 0 atom stereocenters. The fraction of sp³-hybridized carbons (Fsp3) is 0.0385. The van der Waals surface area contributed by atoms with Gasteiger partial charge in [0.2, 0.25) is 5.91 Å². The summed E-state index contributed by atoms with van der Waals surface area (Å²) in [7, 11) is 0. The molecule has 4 nitrogen and oxygen atoms in total. The summed E-state index contributed by atoms with van der Waals surface area (Å²) in [6.07, 6.45) is 10.4. The van der Waals surface area contributed by atoms with Crippen molar-refractivity contribution >= 4 is 29.5 Å². The highest BCUT2D eigenvalue weighted by atomic mass is 19.2. The molecule has 0 unspecified atom stereocenters. The largest absolute Gasteiger partial charge is 0.309 e. The fourth-order valence-corrected chi connectivity index (χ4v) is 3.01. The molecule has 2 aromatic carbocycles. The van der Waals surface area contributed by atoms with Crippen molar-refractivity contribution in [2.75, 3.05) is 5.32 Å². The maximum atomic E-state index is 13.4. The SMILES string of the molecule is O=C(Cc1ccc(F)c(F)c1)Nc1ncc(C2=CC=C=C=C2)nc1/C=C/c1ccccc1. The second-order valence-corrected chi connectivity index (χ2v) is 6.93. The zero-order valence-corrected chi connectivity index (χ0v) is 16.8. The Balaban J connectivity index is 1.60. The van der Waals surface area contributed by atoms with E-state index in [0.29, 0.717) is 17.0 Å². The van der Waals surface area contributed by atoms with Gasteiger partial charge in [-0.25, -0.2) is 18.7 Å². The maximum Gasteiger partial charge on any atom is 0.230 e. The Morgan fingerprint density at radius 1 is 1.03 bits per heavy atom. The third-order valence-electron chi connectivity index (χ3n) is 4.59. The molecule has 0 fully saturated rings. The van der Waals surface area contributed by atoms with E-state index in [9.17, 15) is 13.6 Å². The molecule has 1 amide bonds. The van der Waals surface area contributed by atoms with Gasteiger partial charge < -0.3 is 5.32 Å². The zero-order valence-electron chi connectivity index (χ0n) is 16.8. The molecule has 0 bridgehead atoms. The Morgan fingerprint density at radius 3 is 2.62 bits per heavy atom. The van der Waals surface area contributed by atoms with Crippen LogP contribution in [-0.2, 0) is 11.2 Å². The van der Waals surface area contributed by atoms with Crippen LogP contribution < -0.4 is 5.32 Å². The second-order valence-electron chi connectivity index (χ2n) is 6.93. The van der Waals surface area contributed by atoms with Gasteiger partial charge in [-0.15, -0.1) is 0 Å². The lowest BCUT2D eigenvalue weighted by Gasteiger charge is -2.10. The molecule has 1 aliphatic carbocycles. The first-order chi connectivity index (χ1) is 15.6. The quantitative estimate of drug-likeness (QED) is 0.540. The van der Waals surface area contributed by atoms with E-state index >= 15 is 0 Å². The van der Waals surface area contributed by atoms with E-state index < -0.39 is 17.5 Å². The van der Waals surface area contributed by atoms with Crippen LogP contribution in [0.2, 0.25) is 0 Å². The number of aromatic nitrogens is 2. The summed E-state index contributed by atoms with van der Waals surface area (Å²) >= 11 is 0. The van der Waals surface area contributed by atoms with E-state index in [1.54, 1.807) is 24.4 Å². The van der Waals surface area contributed by atoms with E-state index in [1.165, 1.54) is 6.07 Å². The van der Waals surface area contributed by atoms with Gasteiger partial charge >= 0.3 is 0 Å². The Morgan fingerprint density at radius 2 is 1.88 bits per heavy atom. The van der Waals surface area contributed by atoms with Crippen LogP contribution in [0.1, 0.15) is 22.5 Å². The van der Waals surface area contributed by atoms with Crippen LogP contribution in [0, 0.1) is 11.6 Å². The minimum atomic E-state index is -0.997. The summed E-state index contributed by atoms with van der Waals surface area (Å²) in [4.78, 5) is 21.5. The van der Waals surface area contributed by atoms with Gasteiger partial charge in [0.15, 0.2) is 17.5 Å². The van der Waals surface area contributed by atoms with Crippen LogP contribution in [0.4, 0.5) is 14.6 Å². The van der Waals surface area contributed by atoms with E-state index in [1.807, 2.05) is 42.5 Å². The highest BCUT2D eigenvalue weighted by Crippen LogP contribution is 2.20. The lowest BCUT2D eigenvalue weighted by Crippen LogP contribution is -2.17. The number of nitrogens with one attached hydrogen (secondary N) is 1. The van der Waals surface area contributed by atoms with Crippen LogP contribution >= 0.6 is 0 Å². The number of allylic oxidation sites excluding steroid dienone is 4. The Hall–Kier alpha value is -4.37. The van der Waals surface area contributed by atoms with Crippen molar-refractivity contribution in [3.8, 4) is 0 Å². The zero-order chi connectivity index (χ0) is 22.3. The Bertz CT molecular complexity index is 1330. The van der Waals surface area contributed by atoms with Crippen molar-refractivity contribution in [3.05, 3.63) is 119 Å². The van der Waals surface area contributed by atoms with E-state index in [4.69, 9.17) is 0 Å². The van der Waals surface area contributed by atoms with Gasteiger partial charge in [0.1, 0.15) is 5.69 Å². The van der Waals surface area contributed by atoms with Gasteiger partial charge in [-0.2, -0.15) is 0 Å². The Kier molecular flexibility index (Phi) is 6.28. The first kappa shape index (κ1) is 20.9. The number of anilines is 1. The van der Waals surface area contributed by atoms with Crippen LogP contribution in [0.5, 0.6) is 0 Å². The third-order valence-corrected chi connectivity index (χ3v) is 4.59. The second kappa shape index (κ2) is 9.63. The number of carbonyl (C=O) groups is 1. The number of benzene rings is 2. The van der Waals surface area contributed by atoms with Crippen molar-refractivity contribution in [1.29, 1.82) is 0 Å². The smallest absolute Gasteiger partial charge is 0.230 e. The number of halogens is 2. The molecular weight excluding hydrogens is 408 g/mol. The molecule has 1 aromatic heterocycles. The van der Waals surface area contributed by atoms with Gasteiger partial charge in [0, 0.05) is 5.57 Å². The van der Waals surface area contributed by atoms with Crippen molar-refractivity contribution in [1.82, 2.24) is 9.97 Å². The molecular formula is C26H17F2N3O. The molecule has 6 heteroatoms. The summed E-state index contributed by atoms with van der Waals surface area (Å²) < 4.78 is 26.6. The molecule has 0 saturated heterocycles. The average Bonchev–Trinajstić information content (AvgIpc) is 2.82. The summed E-state index contributed by atoms with van der Waals surface area (Å²) in [6.45, 7) is 0. The molecule has 0 spiro atoms. The lowest BCUT2D eigenvalue weighted by atomic mass is 10.1. The summed E-state index contributed by atoms with van der Waals surface area (Å²) in [5, 5.41) is 2.71. The average molecular weight is 425 g/mol. The van der Waals surface area contributed by atoms with Crippen molar-refractivity contribution < 1.29 is 13.6 Å². The summed E-state index contributed by atoms with van der Waals surface area (Å²) in [5.41, 5.74) is 8.91. The monoisotopic (exact) mass is 425 g/mol. The minimum absolute atomic E-state index is 0.133. The normalized spacial score (nSPS) is 12.2. The molecule has 0 saturated carbocycles. The van der Waals surface area contributed by atoms with Gasteiger partial charge in [0.05, 0.1) is 18.3 Å². The van der Waals surface area contributed by atoms with Crippen LogP contribution in [0.25, 0.3) is 17.7 Å². The summed E-state index contributed by atoms with van der Waals surface area (Å²) in [6, 6.07) is 13.0. The van der Waals surface area contributed by atoms with Crippen LogP contribution in [0.15, 0.2) is 84.4 Å². The fourth-order valence-electron chi connectivity index (χ4n) is 3.01. The molecule has 1 N–H and O–H groups in total. The van der Waals surface area contributed by atoms with Gasteiger partial charge in [0.25, 0.3) is 0 Å².